The van der Waals surface area contributed by atoms with Crippen molar-refractivity contribution in [2.45, 2.75) is 62.9 Å². The van der Waals surface area contributed by atoms with Gasteiger partial charge in [0.25, 0.3) is 0 Å². The second kappa shape index (κ2) is 3.89. The second-order valence-corrected chi connectivity index (χ2v) is 4.90. The third kappa shape index (κ3) is 2.47. The lowest BCUT2D eigenvalue weighted by atomic mass is 9.79. The lowest BCUT2D eigenvalue weighted by molar-refractivity contribution is -0.119. The van der Waals surface area contributed by atoms with Crippen molar-refractivity contribution in [1.82, 2.24) is 5.32 Å². The van der Waals surface area contributed by atoms with Gasteiger partial charge in [0.05, 0.1) is 0 Å². The lowest BCUT2D eigenvalue weighted by Crippen LogP contribution is -2.50. The van der Waals surface area contributed by atoms with Gasteiger partial charge in [-0.2, -0.15) is 0 Å². The molecule has 3 heteroatoms. The molecule has 0 spiro atoms. The van der Waals surface area contributed by atoms with Gasteiger partial charge in [-0.15, -0.1) is 0 Å². The Bertz CT molecular complexity index is 217. The summed E-state index contributed by atoms with van der Waals surface area (Å²) in [5.41, 5.74) is 5.39. The van der Waals surface area contributed by atoms with Gasteiger partial charge in [0, 0.05) is 18.0 Å². The van der Waals surface area contributed by atoms with Gasteiger partial charge >= 0.3 is 0 Å². The molecule has 0 unspecified atom stereocenters. The SMILES string of the molecule is NC(=O)CC1(NC2CC2)CCCCC1. The summed E-state index contributed by atoms with van der Waals surface area (Å²) in [5, 5.41) is 3.64. The Morgan fingerprint density at radius 3 is 2.43 bits per heavy atom. The maximum absolute atomic E-state index is 11.1. The number of nitrogens with two attached hydrogens (primary N) is 1. The average molecular weight is 196 g/mol. The minimum Gasteiger partial charge on any atom is -0.370 e. The quantitative estimate of drug-likeness (QED) is 0.712. The summed E-state index contributed by atoms with van der Waals surface area (Å²) in [4.78, 5) is 11.1. The zero-order valence-electron chi connectivity index (χ0n) is 8.72. The van der Waals surface area contributed by atoms with Crippen LogP contribution in [0.2, 0.25) is 0 Å². The highest BCUT2D eigenvalue weighted by Gasteiger charge is 2.38. The van der Waals surface area contributed by atoms with Gasteiger partial charge in [-0.25, -0.2) is 0 Å². The number of carbonyl (C=O) groups excluding carboxylic acids is 1. The van der Waals surface area contributed by atoms with Crippen molar-refractivity contribution in [3.05, 3.63) is 0 Å². The van der Waals surface area contributed by atoms with E-state index < -0.39 is 0 Å². The molecule has 3 nitrogen and oxygen atoms in total. The molecule has 80 valence electrons. The van der Waals surface area contributed by atoms with Crippen molar-refractivity contribution < 1.29 is 4.79 Å². The average Bonchev–Trinajstić information content (AvgIpc) is 2.88. The van der Waals surface area contributed by atoms with Gasteiger partial charge in [-0.3, -0.25) is 4.79 Å². The van der Waals surface area contributed by atoms with Gasteiger partial charge in [0.1, 0.15) is 0 Å². The number of hydrogen-bond donors (Lipinski definition) is 2. The second-order valence-electron chi connectivity index (χ2n) is 4.90. The minimum absolute atomic E-state index is 0.0608. The fourth-order valence-electron chi connectivity index (χ4n) is 2.59. The molecular weight excluding hydrogens is 176 g/mol. The summed E-state index contributed by atoms with van der Waals surface area (Å²) in [5.74, 6) is -0.153. The molecule has 0 aromatic rings. The normalized spacial score (nSPS) is 26.0. The summed E-state index contributed by atoms with van der Waals surface area (Å²) in [6.45, 7) is 0. The standard InChI is InChI=1S/C11H20N2O/c12-10(14)8-11(13-9-4-5-9)6-2-1-3-7-11/h9,13H,1-8H2,(H2,12,14). The van der Waals surface area contributed by atoms with Crippen molar-refractivity contribution in [2.24, 2.45) is 5.73 Å². The number of rotatable bonds is 4. The molecule has 0 aliphatic heterocycles. The summed E-state index contributed by atoms with van der Waals surface area (Å²) in [6.07, 6.45) is 9.15. The van der Waals surface area contributed by atoms with E-state index in [4.69, 9.17) is 5.73 Å². The largest absolute Gasteiger partial charge is 0.370 e. The molecule has 2 fully saturated rings. The highest BCUT2D eigenvalue weighted by molar-refractivity contribution is 5.75. The van der Waals surface area contributed by atoms with E-state index in [1.807, 2.05) is 0 Å². The number of carbonyl (C=O) groups is 1. The third-order valence-corrected chi connectivity index (χ3v) is 3.41. The summed E-state index contributed by atoms with van der Waals surface area (Å²) in [7, 11) is 0. The molecule has 14 heavy (non-hydrogen) atoms. The fourth-order valence-corrected chi connectivity index (χ4v) is 2.59. The number of primary amides is 1. The van der Waals surface area contributed by atoms with E-state index in [1.165, 1.54) is 32.1 Å². The number of amides is 1. The molecule has 2 rings (SSSR count). The molecule has 2 aliphatic carbocycles. The molecule has 0 atom stereocenters. The Kier molecular flexibility index (Phi) is 2.77. The molecule has 0 aromatic heterocycles. The third-order valence-electron chi connectivity index (χ3n) is 3.41. The molecule has 0 radical (unpaired) electrons. The van der Waals surface area contributed by atoms with E-state index in [-0.39, 0.29) is 11.4 Å². The zero-order chi connectivity index (χ0) is 10.0. The van der Waals surface area contributed by atoms with Gasteiger partial charge < -0.3 is 11.1 Å². The smallest absolute Gasteiger partial charge is 0.219 e. The molecule has 1 amide bonds. The van der Waals surface area contributed by atoms with Crippen LogP contribution >= 0.6 is 0 Å². The Morgan fingerprint density at radius 2 is 1.93 bits per heavy atom. The van der Waals surface area contributed by atoms with E-state index >= 15 is 0 Å². The maximum Gasteiger partial charge on any atom is 0.219 e. The van der Waals surface area contributed by atoms with Gasteiger partial charge in [-0.05, 0) is 25.7 Å². The molecule has 0 heterocycles. The Labute approximate surface area is 85.4 Å². The Balaban J connectivity index is 1.96. The molecule has 3 N–H and O–H groups in total. The predicted octanol–water partition coefficient (Wildman–Crippen LogP) is 1.32. The first-order chi connectivity index (χ1) is 6.70. The number of hydrogen-bond acceptors (Lipinski definition) is 2. The summed E-state index contributed by atoms with van der Waals surface area (Å²) < 4.78 is 0. The monoisotopic (exact) mass is 196 g/mol. The summed E-state index contributed by atoms with van der Waals surface area (Å²) in [6, 6.07) is 0.674. The molecule has 2 aliphatic rings. The highest BCUT2D eigenvalue weighted by atomic mass is 16.1. The fraction of sp³-hybridized carbons (Fsp3) is 0.909. The van der Waals surface area contributed by atoms with Crippen LogP contribution in [0.1, 0.15) is 51.4 Å². The van der Waals surface area contributed by atoms with E-state index in [0.29, 0.717) is 12.5 Å². The van der Waals surface area contributed by atoms with Crippen LogP contribution in [0.5, 0.6) is 0 Å². The van der Waals surface area contributed by atoms with E-state index in [0.717, 1.165) is 12.8 Å². The Morgan fingerprint density at radius 1 is 1.29 bits per heavy atom. The van der Waals surface area contributed by atoms with Crippen LogP contribution in [0.25, 0.3) is 0 Å². The van der Waals surface area contributed by atoms with Gasteiger partial charge in [-0.1, -0.05) is 19.3 Å². The van der Waals surface area contributed by atoms with Crippen molar-refractivity contribution >= 4 is 5.91 Å². The first kappa shape index (κ1) is 9.97. The first-order valence-corrected chi connectivity index (χ1v) is 5.76. The van der Waals surface area contributed by atoms with E-state index in [9.17, 15) is 4.79 Å². The maximum atomic E-state index is 11.1. The Hall–Kier alpha value is -0.570. The van der Waals surface area contributed by atoms with Crippen LogP contribution < -0.4 is 11.1 Å². The topological polar surface area (TPSA) is 55.1 Å². The molecule has 0 aromatic carbocycles. The lowest BCUT2D eigenvalue weighted by Gasteiger charge is -2.37. The van der Waals surface area contributed by atoms with E-state index in [1.54, 1.807) is 0 Å². The molecule has 0 saturated heterocycles. The van der Waals surface area contributed by atoms with Crippen molar-refractivity contribution in [2.75, 3.05) is 0 Å². The minimum atomic E-state index is -0.153. The van der Waals surface area contributed by atoms with Crippen LogP contribution in [0, 0.1) is 0 Å². The molecular formula is C11H20N2O. The predicted molar refractivity (Wildman–Crippen MR) is 55.8 cm³/mol. The number of nitrogens with one attached hydrogen (secondary N) is 1. The van der Waals surface area contributed by atoms with E-state index in [2.05, 4.69) is 5.32 Å². The zero-order valence-corrected chi connectivity index (χ0v) is 8.72. The highest BCUT2D eigenvalue weighted by Crippen LogP contribution is 2.34. The molecule has 2 saturated carbocycles. The van der Waals surface area contributed by atoms with Crippen LogP contribution in [0.4, 0.5) is 0 Å². The van der Waals surface area contributed by atoms with Gasteiger partial charge in [0.2, 0.25) is 5.91 Å². The van der Waals surface area contributed by atoms with Crippen molar-refractivity contribution in [3.8, 4) is 0 Å². The van der Waals surface area contributed by atoms with Crippen LogP contribution in [-0.2, 0) is 4.79 Å². The first-order valence-electron chi connectivity index (χ1n) is 5.76. The summed E-state index contributed by atoms with van der Waals surface area (Å²) >= 11 is 0. The molecule has 0 bridgehead atoms. The van der Waals surface area contributed by atoms with Crippen molar-refractivity contribution in [1.29, 1.82) is 0 Å². The van der Waals surface area contributed by atoms with Crippen molar-refractivity contribution in [3.63, 3.8) is 0 Å². The van der Waals surface area contributed by atoms with Crippen LogP contribution in [-0.4, -0.2) is 17.5 Å². The van der Waals surface area contributed by atoms with Crippen LogP contribution in [0.3, 0.4) is 0 Å². The van der Waals surface area contributed by atoms with Crippen LogP contribution in [0.15, 0.2) is 0 Å². The van der Waals surface area contributed by atoms with Gasteiger partial charge in [0.15, 0.2) is 0 Å².